The highest BCUT2D eigenvalue weighted by molar-refractivity contribution is 5.83. The molecule has 7 rings (SSSR count). The third-order valence-electron chi connectivity index (χ3n) is 16.3. The zero-order valence-corrected chi connectivity index (χ0v) is 32.3. The normalized spacial score (nSPS) is 54.1. The van der Waals surface area contributed by atoms with Crippen molar-refractivity contribution in [1.82, 2.24) is 0 Å². The van der Waals surface area contributed by atoms with Gasteiger partial charge in [0.05, 0.1) is 31.5 Å². The summed E-state index contributed by atoms with van der Waals surface area (Å²) >= 11 is 0. The number of fused-ring (bicyclic) bond motifs is 5. The van der Waals surface area contributed by atoms with Crippen LogP contribution >= 0.6 is 0 Å². The topological polar surface area (TPSA) is 205 Å². The average Bonchev–Trinajstić information content (AvgIpc) is 3.61. The number of ketones is 1. The highest BCUT2D eigenvalue weighted by Crippen LogP contribution is 2.75. The summed E-state index contributed by atoms with van der Waals surface area (Å²) < 4.78 is 30.4. The van der Waals surface area contributed by atoms with E-state index in [0.29, 0.717) is 18.8 Å². The van der Waals surface area contributed by atoms with E-state index >= 15 is 0 Å². The van der Waals surface area contributed by atoms with Crippen molar-refractivity contribution in [3.63, 3.8) is 0 Å². The maximum Gasteiger partial charge on any atom is 0.186 e. The number of allylic oxidation sites excluding steroid dienone is 2. The van der Waals surface area contributed by atoms with Crippen LogP contribution in [-0.2, 0) is 28.5 Å². The van der Waals surface area contributed by atoms with Gasteiger partial charge in [-0.1, -0.05) is 52.7 Å². The minimum atomic E-state index is -1.63. The van der Waals surface area contributed by atoms with Gasteiger partial charge in [0, 0.05) is 17.3 Å². The van der Waals surface area contributed by atoms with E-state index in [0.717, 1.165) is 51.4 Å². The Kier molecular flexibility index (Phi) is 10.7. The molecule has 3 aliphatic heterocycles. The third kappa shape index (κ3) is 5.81. The fraction of sp³-hybridized carbons (Fsp3) is 0.925. The molecule has 7 aliphatic rings. The predicted octanol–water partition coefficient (Wildman–Crippen LogP) is 1.88. The first-order valence-corrected chi connectivity index (χ1v) is 20.1. The first-order valence-electron chi connectivity index (χ1n) is 20.1. The Morgan fingerprint density at radius 1 is 0.849 bits per heavy atom. The predicted molar refractivity (Wildman–Crippen MR) is 189 cm³/mol. The Balaban J connectivity index is 1.09. The van der Waals surface area contributed by atoms with Crippen molar-refractivity contribution in [2.75, 3.05) is 19.8 Å². The summed E-state index contributed by atoms with van der Waals surface area (Å²) in [7, 11) is 0. The van der Waals surface area contributed by atoms with Gasteiger partial charge in [0.1, 0.15) is 48.8 Å². The average molecular weight is 753 g/mol. The number of Topliss-reactive ketones (excluding diaryl/α,β-unsaturated/α-hetero) is 1. The zero-order chi connectivity index (χ0) is 38.5. The minimum absolute atomic E-state index is 0.0659. The molecule has 18 atom stereocenters. The third-order valence-corrected chi connectivity index (χ3v) is 16.3. The highest BCUT2D eigenvalue weighted by atomic mass is 16.7. The molecule has 3 heterocycles. The highest BCUT2D eigenvalue weighted by Gasteiger charge is 2.72. The number of carbonyl (C=O) groups excluding carboxylic acids is 1. The van der Waals surface area contributed by atoms with E-state index in [9.17, 15) is 40.5 Å². The van der Waals surface area contributed by atoms with E-state index in [1.807, 2.05) is 13.8 Å². The lowest BCUT2D eigenvalue weighted by Crippen LogP contribution is -2.63. The Bertz CT molecular complexity index is 1420. The van der Waals surface area contributed by atoms with Crippen LogP contribution in [0.1, 0.15) is 106 Å². The Labute approximate surface area is 313 Å². The van der Waals surface area contributed by atoms with Crippen molar-refractivity contribution in [2.45, 2.75) is 179 Å². The van der Waals surface area contributed by atoms with Crippen molar-refractivity contribution >= 4 is 5.78 Å². The first kappa shape index (κ1) is 40.1. The smallest absolute Gasteiger partial charge is 0.186 e. The summed E-state index contributed by atoms with van der Waals surface area (Å²) in [5.74, 6) is 0.566. The summed E-state index contributed by atoms with van der Waals surface area (Å²) in [6, 6.07) is 0. The van der Waals surface area contributed by atoms with Crippen LogP contribution in [0.5, 0.6) is 0 Å². The molecule has 0 aromatic heterocycles. The van der Waals surface area contributed by atoms with E-state index in [2.05, 4.69) is 27.7 Å². The quantitative estimate of drug-likeness (QED) is 0.177. The van der Waals surface area contributed by atoms with Gasteiger partial charge in [-0.25, -0.2) is 0 Å². The number of carbonyl (C=O) groups is 1. The van der Waals surface area contributed by atoms with Crippen LogP contribution in [-0.4, -0.2) is 134 Å². The van der Waals surface area contributed by atoms with Gasteiger partial charge in [-0.15, -0.1) is 0 Å². The Hall–Kier alpha value is -1.07. The molecule has 7 N–H and O–H groups in total. The van der Waals surface area contributed by atoms with Crippen molar-refractivity contribution in [2.24, 2.45) is 33.5 Å². The SMILES string of the molecule is CCC(=O)[C@@H]1C[C@@H](C)[C@]2(CC[C@@]3(C)C4=C(CC[C@@]32C)[C@@]2(C)CC[C@H](O[C@@H]3O[C@H](CO[C@@H]5OC[C@H](O)[C@H](O)[C@H]5O)[C@@H](O)[C@H](O)[C@H]3O)[C@](C)(CO)[C@@H]2CC4)O1. The largest absolute Gasteiger partial charge is 0.396 e. The fourth-order valence-electron chi connectivity index (χ4n) is 12.7. The molecule has 53 heavy (non-hydrogen) atoms. The van der Waals surface area contributed by atoms with Crippen LogP contribution in [0.15, 0.2) is 11.1 Å². The number of aliphatic hydroxyl groups excluding tert-OH is 7. The van der Waals surface area contributed by atoms with Crippen LogP contribution in [0, 0.1) is 33.5 Å². The molecule has 0 bridgehead atoms. The van der Waals surface area contributed by atoms with Gasteiger partial charge < -0.3 is 59.4 Å². The van der Waals surface area contributed by atoms with Crippen molar-refractivity contribution < 1.29 is 64.2 Å². The minimum Gasteiger partial charge on any atom is -0.396 e. The lowest BCUT2D eigenvalue weighted by molar-refractivity contribution is -0.339. The van der Waals surface area contributed by atoms with Gasteiger partial charge in [0.25, 0.3) is 0 Å². The van der Waals surface area contributed by atoms with Gasteiger partial charge in [-0.2, -0.15) is 0 Å². The second-order valence-corrected chi connectivity index (χ2v) is 18.5. The van der Waals surface area contributed by atoms with E-state index < -0.39 is 66.8 Å². The maximum absolute atomic E-state index is 12.9. The first-order chi connectivity index (χ1) is 24.9. The van der Waals surface area contributed by atoms with Gasteiger partial charge in [0.15, 0.2) is 18.4 Å². The van der Waals surface area contributed by atoms with Crippen LogP contribution < -0.4 is 0 Å². The molecule has 4 aliphatic carbocycles. The molecule has 0 aromatic rings. The van der Waals surface area contributed by atoms with Gasteiger partial charge >= 0.3 is 0 Å². The van der Waals surface area contributed by atoms with Crippen LogP contribution in [0.25, 0.3) is 0 Å². The van der Waals surface area contributed by atoms with E-state index in [-0.39, 0.29) is 59.5 Å². The van der Waals surface area contributed by atoms with E-state index in [4.69, 9.17) is 23.7 Å². The summed E-state index contributed by atoms with van der Waals surface area (Å²) in [5.41, 5.74) is 1.65. The fourth-order valence-corrected chi connectivity index (χ4v) is 12.7. The second kappa shape index (κ2) is 14.1. The summed E-state index contributed by atoms with van der Waals surface area (Å²) in [6.07, 6.45) is -5.43. The molecule has 0 aromatic carbocycles. The van der Waals surface area contributed by atoms with Crippen LogP contribution in [0.4, 0.5) is 0 Å². The van der Waals surface area contributed by atoms with Crippen molar-refractivity contribution in [3.8, 4) is 0 Å². The molecule has 302 valence electrons. The number of rotatable bonds is 8. The molecule has 5 fully saturated rings. The monoisotopic (exact) mass is 752 g/mol. The molecule has 3 saturated heterocycles. The molecular formula is C40H64O13. The van der Waals surface area contributed by atoms with Gasteiger partial charge in [-0.05, 0) is 80.5 Å². The Morgan fingerprint density at radius 3 is 2.26 bits per heavy atom. The lowest BCUT2D eigenvalue weighted by atomic mass is 9.42. The number of hydrogen-bond acceptors (Lipinski definition) is 13. The molecule has 0 unspecified atom stereocenters. The molecule has 0 amide bonds. The van der Waals surface area contributed by atoms with Gasteiger partial charge in [0.2, 0.25) is 0 Å². The lowest BCUT2D eigenvalue weighted by Gasteiger charge is -2.63. The van der Waals surface area contributed by atoms with Crippen LogP contribution in [0.2, 0.25) is 0 Å². The van der Waals surface area contributed by atoms with Crippen molar-refractivity contribution in [1.29, 1.82) is 0 Å². The zero-order valence-electron chi connectivity index (χ0n) is 32.3. The van der Waals surface area contributed by atoms with E-state index in [1.165, 1.54) is 5.57 Å². The maximum atomic E-state index is 12.9. The summed E-state index contributed by atoms with van der Waals surface area (Å²) in [4.78, 5) is 12.9. The number of aliphatic hydroxyl groups is 7. The molecular weight excluding hydrogens is 688 g/mol. The second-order valence-electron chi connectivity index (χ2n) is 18.5. The molecule has 0 radical (unpaired) electrons. The van der Waals surface area contributed by atoms with Gasteiger partial charge in [-0.3, -0.25) is 4.79 Å². The standard InChI is InChI=1S/C40H64O13/c1-7-23(42)25-16-20(2)40(53-25)15-14-38(5)22-8-9-27-36(3,21(22)10-13-39(38,40)6)12-11-28(37(27,4)19-41)52-35-33(48)31(46)30(45)26(51-35)18-50-34-32(47)29(44)24(43)17-49-34/h20,24-35,41,43-48H,7-19H2,1-6H3/t20-,24+,25+,26-,27-,28+,29+,30-,31+,32-,33-,34+,35+,36-,37-,38+,39+,40+/m1/s1. The molecule has 2 saturated carbocycles. The molecule has 1 spiro atoms. The number of hydrogen-bond donors (Lipinski definition) is 7. The summed E-state index contributed by atoms with van der Waals surface area (Å²) in [5, 5.41) is 73.9. The summed E-state index contributed by atoms with van der Waals surface area (Å²) in [6.45, 7) is 12.7. The Morgan fingerprint density at radius 2 is 1.57 bits per heavy atom. The van der Waals surface area contributed by atoms with E-state index in [1.54, 1.807) is 5.57 Å². The number of ether oxygens (including phenoxy) is 5. The van der Waals surface area contributed by atoms with Crippen LogP contribution in [0.3, 0.4) is 0 Å². The molecule has 13 nitrogen and oxygen atoms in total. The van der Waals surface area contributed by atoms with Crippen molar-refractivity contribution in [3.05, 3.63) is 11.1 Å². The molecule has 13 heteroatoms.